The van der Waals surface area contributed by atoms with Crippen LogP contribution in [0.2, 0.25) is 10.0 Å². The van der Waals surface area contributed by atoms with Gasteiger partial charge in [-0.1, -0.05) is 23.2 Å². The molecule has 1 aromatic carbocycles. The van der Waals surface area contributed by atoms with Gasteiger partial charge in [0.2, 0.25) is 0 Å². The van der Waals surface area contributed by atoms with Crippen molar-refractivity contribution in [2.24, 2.45) is 5.10 Å². The highest BCUT2D eigenvalue weighted by Gasteiger charge is 2.17. The van der Waals surface area contributed by atoms with Gasteiger partial charge in [0.1, 0.15) is 5.69 Å². The summed E-state index contributed by atoms with van der Waals surface area (Å²) in [6, 6.07) is 2.42. The smallest absolute Gasteiger partial charge is 0.311 e. The predicted octanol–water partition coefficient (Wildman–Crippen LogP) is 3.64. The summed E-state index contributed by atoms with van der Waals surface area (Å²) in [6.07, 6.45) is -0.0179. The van der Waals surface area contributed by atoms with E-state index >= 15 is 0 Å². The number of benzene rings is 1. The second kappa shape index (κ2) is 7.80. The van der Waals surface area contributed by atoms with Crippen molar-refractivity contribution in [2.45, 2.75) is 20.3 Å². The first kappa shape index (κ1) is 17.2. The van der Waals surface area contributed by atoms with Crippen molar-refractivity contribution < 1.29 is 14.5 Å². The lowest BCUT2D eigenvalue weighted by Crippen LogP contribution is -2.10. The zero-order chi connectivity index (χ0) is 16.0. The monoisotopic (exact) mass is 333 g/mol. The fraction of sp³-hybridized carbons (Fsp3) is 0.333. The maximum absolute atomic E-state index is 11.3. The molecule has 9 heteroatoms. The number of nitro groups is 1. The third-order valence-electron chi connectivity index (χ3n) is 2.31. The van der Waals surface area contributed by atoms with Crippen LogP contribution in [0.3, 0.4) is 0 Å². The van der Waals surface area contributed by atoms with E-state index in [0.717, 1.165) is 6.07 Å². The number of carbonyl (C=O) groups is 1. The van der Waals surface area contributed by atoms with E-state index in [9.17, 15) is 14.9 Å². The van der Waals surface area contributed by atoms with E-state index < -0.39 is 10.9 Å². The minimum Gasteiger partial charge on any atom is -0.466 e. The molecule has 21 heavy (non-hydrogen) atoms. The van der Waals surface area contributed by atoms with Gasteiger partial charge >= 0.3 is 5.97 Å². The van der Waals surface area contributed by atoms with E-state index in [4.69, 9.17) is 27.9 Å². The zero-order valence-corrected chi connectivity index (χ0v) is 12.9. The maximum atomic E-state index is 11.3. The van der Waals surface area contributed by atoms with Gasteiger partial charge in [-0.3, -0.25) is 20.3 Å². The van der Waals surface area contributed by atoms with E-state index in [2.05, 4.69) is 10.5 Å². The minimum atomic E-state index is -0.610. The van der Waals surface area contributed by atoms with Crippen molar-refractivity contribution in [1.29, 1.82) is 0 Å². The molecule has 7 nitrogen and oxygen atoms in total. The molecule has 1 N–H and O–H groups in total. The first-order valence-electron chi connectivity index (χ1n) is 5.93. The molecule has 0 aromatic heterocycles. The Kier molecular flexibility index (Phi) is 6.39. The van der Waals surface area contributed by atoms with Crippen molar-refractivity contribution in [2.75, 3.05) is 12.0 Å². The summed E-state index contributed by atoms with van der Waals surface area (Å²) in [4.78, 5) is 21.6. The summed E-state index contributed by atoms with van der Waals surface area (Å²) in [5.41, 5.74) is 2.73. The number of halogens is 2. The van der Waals surface area contributed by atoms with Gasteiger partial charge < -0.3 is 4.74 Å². The van der Waals surface area contributed by atoms with Crippen LogP contribution < -0.4 is 5.43 Å². The second-order valence-corrected chi connectivity index (χ2v) is 4.80. The van der Waals surface area contributed by atoms with Crippen molar-refractivity contribution in [3.05, 3.63) is 32.3 Å². The number of carbonyl (C=O) groups excluding carboxylic acids is 1. The van der Waals surface area contributed by atoms with Crippen LogP contribution >= 0.6 is 23.2 Å². The van der Waals surface area contributed by atoms with Crippen molar-refractivity contribution in [3.8, 4) is 0 Å². The van der Waals surface area contributed by atoms with Crippen molar-refractivity contribution in [3.63, 3.8) is 0 Å². The maximum Gasteiger partial charge on any atom is 0.311 e. The van der Waals surface area contributed by atoms with E-state index in [1.165, 1.54) is 6.07 Å². The molecule has 0 bridgehead atoms. The van der Waals surface area contributed by atoms with Crippen LogP contribution in [0.4, 0.5) is 11.4 Å². The second-order valence-electron chi connectivity index (χ2n) is 3.98. The highest BCUT2D eigenvalue weighted by molar-refractivity contribution is 6.42. The molecule has 0 fully saturated rings. The summed E-state index contributed by atoms with van der Waals surface area (Å²) in [5.74, 6) is -0.427. The Hall–Kier alpha value is -1.86. The highest BCUT2D eigenvalue weighted by Crippen LogP contribution is 2.33. The van der Waals surface area contributed by atoms with Gasteiger partial charge in [0.25, 0.3) is 5.69 Å². The number of ether oxygens (including phenoxy) is 1. The molecule has 0 atom stereocenters. The number of nitro benzene ring substituents is 1. The Labute approximate surface area is 131 Å². The van der Waals surface area contributed by atoms with Crippen LogP contribution in [0.15, 0.2) is 17.2 Å². The lowest BCUT2D eigenvalue weighted by molar-refractivity contribution is -0.383. The molecule has 0 unspecified atom stereocenters. The van der Waals surface area contributed by atoms with E-state index in [-0.39, 0.29) is 34.4 Å². The van der Waals surface area contributed by atoms with Crippen LogP contribution in [-0.2, 0) is 9.53 Å². The standard InChI is InChI=1S/C12H13Cl2N3O4/c1-3-21-12(18)4-7(2)15-16-10-5-8(13)9(14)6-11(10)17(19)20/h5-6,16H,3-4H2,1-2H3/b15-7+. The summed E-state index contributed by atoms with van der Waals surface area (Å²) >= 11 is 11.5. The number of esters is 1. The van der Waals surface area contributed by atoms with Crippen LogP contribution in [-0.4, -0.2) is 23.2 Å². The molecule has 0 radical (unpaired) electrons. The predicted molar refractivity (Wildman–Crippen MR) is 81.1 cm³/mol. The number of anilines is 1. The summed E-state index contributed by atoms with van der Waals surface area (Å²) < 4.78 is 4.77. The van der Waals surface area contributed by atoms with Crippen LogP contribution in [0.25, 0.3) is 0 Å². The van der Waals surface area contributed by atoms with Gasteiger partial charge in [-0.2, -0.15) is 5.10 Å². The highest BCUT2D eigenvalue weighted by atomic mass is 35.5. The minimum absolute atomic E-state index is 0.0179. The van der Waals surface area contributed by atoms with Crippen molar-refractivity contribution >= 4 is 46.3 Å². The molecule has 0 heterocycles. The number of rotatable bonds is 6. The van der Waals surface area contributed by atoms with E-state index in [1.54, 1.807) is 13.8 Å². The third kappa shape index (κ3) is 5.20. The Morgan fingerprint density at radius 1 is 1.43 bits per heavy atom. The Bertz CT molecular complexity index is 590. The van der Waals surface area contributed by atoms with Crippen LogP contribution in [0.1, 0.15) is 20.3 Å². The average molecular weight is 334 g/mol. The van der Waals surface area contributed by atoms with Gasteiger partial charge in [0.15, 0.2) is 0 Å². The van der Waals surface area contributed by atoms with Gasteiger partial charge in [0.05, 0.1) is 28.0 Å². The molecule has 0 amide bonds. The Balaban J connectivity index is 2.90. The molecule has 0 aliphatic carbocycles. The molecule has 0 aliphatic rings. The summed E-state index contributed by atoms with van der Waals surface area (Å²) in [7, 11) is 0. The van der Waals surface area contributed by atoms with E-state index in [1.807, 2.05) is 0 Å². The molecular formula is C12H13Cl2N3O4. The number of hydrazone groups is 1. The molecule has 0 spiro atoms. The van der Waals surface area contributed by atoms with E-state index in [0.29, 0.717) is 5.71 Å². The molecule has 1 aromatic rings. The first-order chi connectivity index (χ1) is 9.85. The molecule has 114 valence electrons. The quantitative estimate of drug-likeness (QED) is 0.371. The molecule has 0 saturated carbocycles. The summed E-state index contributed by atoms with van der Waals surface area (Å²) in [5, 5.41) is 15.1. The number of hydrogen-bond acceptors (Lipinski definition) is 6. The lowest BCUT2D eigenvalue weighted by atomic mass is 10.2. The lowest BCUT2D eigenvalue weighted by Gasteiger charge is -2.06. The fourth-order valence-electron chi connectivity index (χ4n) is 1.39. The average Bonchev–Trinajstić information content (AvgIpc) is 2.39. The van der Waals surface area contributed by atoms with Gasteiger partial charge in [-0.15, -0.1) is 0 Å². The third-order valence-corrected chi connectivity index (χ3v) is 3.03. The Morgan fingerprint density at radius 3 is 2.62 bits per heavy atom. The first-order valence-corrected chi connectivity index (χ1v) is 6.69. The Morgan fingerprint density at radius 2 is 2.05 bits per heavy atom. The molecule has 0 saturated heterocycles. The number of nitrogens with zero attached hydrogens (tertiary/aromatic N) is 2. The summed E-state index contributed by atoms with van der Waals surface area (Å²) in [6.45, 7) is 3.56. The topological polar surface area (TPSA) is 93.8 Å². The number of nitrogens with one attached hydrogen (secondary N) is 1. The van der Waals surface area contributed by atoms with Gasteiger partial charge in [0, 0.05) is 11.8 Å². The number of hydrogen-bond donors (Lipinski definition) is 1. The van der Waals surface area contributed by atoms with Crippen LogP contribution in [0, 0.1) is 10.1 Å². The SMILES string of the molecule is CCOC(=O)C/C(C)=N/Nc1cc(Cl)c(Cl)cc1[N+](=O)[O-]. The molecule has 0 aliphatic heterocycles. The van der Waals surface area contributed by atoms with Gasteiger partial charge in [-0.25, -0.2) is 0 Å². The molecular weight excluding hydrogens is 321 g/mol. The zero-order valence-electron chi connectivity index (χ0n) is 11.4. The fourth-order valence-corrected chi connectivity index (χ4v) is 1.71. The van der Waals surface area contributed by atoms with Crippen LogP contribution in [0.5, 0.6) is 0 Å². The van der Waals surface area contributed by atoms with Gasteiger partial charge in [-0.05, 0) is 19.9 Å². The largest absolute Gasteiger partial charge is 0.466 e. The van der Waals surface area contributed by atoms with Crippen molar-refractivity contribution in [1.82, 2.24) is 0 Å². The molecule has 1 rings (SSSR count). The normalized spacial score (nSPS) is 11.1.